The van der Waals surface area contributed by atoms with Crippen molar-refractivity contribution >= 4 is 5.91 Å². The van der Waals surface area contributed by atoms with E-state index in [0.29, 0.717) is 31.1 Å². The molecule has 1 aromatic carbocycles. The molecular weight excluding hydrogens is 297 g/mol. The summed E-state index contributed by atoms with van der Waals surface area (Å²) in [6.45, 7) is 1.85. The van der Waals surface area contributed by atoms with E-state index in [1.807, 2.05) is 0 Å². The lowest BCUT2D eigenvalue weighted by molar-refractivity contribution is -0.274. The predicted octanol–water partition coefficient (Wildman–Crippen LogP) is 2.33. The standard InChI is InChI=1S/C15H19F3N2O2/c16-15(17,18)22-13-4-2-1-3-12(13)5-6-14(21)20-8-7-11(9-19)10-20/h1-4,11H,5-10,19H2/t11-/m0/s1. The highest BCUT2D eigenvalue weighted by atomic mass is 19.4. The van der Waals surface area contributed by atoms with Gasteiger partial charge in [-0.05, 0) is 36.9 Å². The van der Waals surface area contributed by atoms with Crippen molar-refractivity contribution in [2.75, 3.05) is 19.6 Å². The van der Waals surface area contributed by atoms with Crippen molar-refractivity contribution in [2.45, 2.75) is 25.6 Å². The van der Waals surface area contributed by atoms with Gasteiger partial charge in [0.15, 0.2) is 0 Å². The number of para-hydroxylation sites is 1. The fraction of sp³-hybridized carbons (Fsp3) is 0.533. The number of hydrogen-bond donors (Lipinski definition) is 1. The molecule has 7 heteroatoms. The highest BCUT2D eigenvalue weighted by Gasteiger charge is 2.32. The zero-order valence-electron chi connectivity index (χ0n) is 12.1. The van der Waals surface area contributed by atoms with E-state index in [9.17, 15) is 18.0 Å². The smallest absolute Gasteiger partial charge is 0.406 e. The molecule has 4 nitrogen and oxygen atoms in total. The Labute approximate surface area is 127 Å². The molecule has 1 saturated heterocycles. The van der Waals surface area contributed by atoms with Crippen LogP contribution in [0.15, 0.2) is 24.3 Å². The number of aryl methyl sites for hydroxylation is 1. The number of nitrogens with two attached hydrogens (primary N) is 1. The summed E-state index contributed by atoms with van der Waals surface area (Å²) < 4.78 is 41.0. The van der Waals surface area contributed by atoms with Gasteiger partial charge in [0.1, 0.15) is 5.75 Å². The molecule has 0 unspecified atom stereocenters. The number of likely N-dealkylation sites (tertiary alicyclic amines) is 1. The summed E-state index contributed by atoms with van der Waals surface area (Å²) in [6, 6.07) is 5.90. The predicted molar refractivity (Wildman–Crippen MR) is 75.2 cm³/mol. The molecule has 1 aliphatic heterocycles. The van der Waals surface area contributed by atoms with Gasteiger partial charge in [0.2, 0.25) is 5.91 Å². The lowest BCUT2D eigenvalue weighted by Gasteiger charge is -2.17. The Hall–Kier alpha value is -1.76. The van der Waals surface area contributed by atoms with E-state index in [1.54, 1.807) is 17.0 Å². The van der Waals surface area contributed by atoms with Crippen molar-refractivity contribution in [3.05, 3.63) is 29.8 Å². The van der Waals surface area contributed by atoms with E-state index in [0.717, 1.165) is 6.42 Å². The van der Waals surface area contributed by atoms with Crippen molar-refractivity contribution in [3.63, 3.8) is 0 Å². The van der Waals surface area contributed by atoms with Crippen LogP contribution in [0.3, 0.4) is 0 Å². The number of benzene rings is 1. The largest absolute Gasteiger partial charge is 0.573 e. The van der Waals surface area contributed by atoms with Crippen LogP contribution < -0.4 is 10.5 Å². The van der Waals surface area contributed by atoms with Gasteiger partial charge in [-0.3, -0.25) is 4.79 Å². The van der Waals surface area contributed by atoms with Gasteiger partial charge < -0.3 is 15.4 Å². The summed E-state index contributed by atoms with van der Waals surface area (Å²) in [5.74, 6) is 0.0200. The van der Waals surface area contributed by atoms with Crippen LogP contribution in [-0.2, 0) is 11.2 Å². The third-order valence-electron chi connectivity index (χ3n) is 3.78. The molecule has 122 valence electrons. The Morgan fingerprint density at radius 2 is 2.09 bits per heavy atom. The maximum atomic E-state index is 12.3. The minimum absolute atomic E-state index is 0.0576. The Balaban J connectivity index is 1.93. The Kier molecular flexibility index (Phi) is 5.28. The highest BCUT2D eigenvalue weighted by Crippen LogP contribution is 2.27. The monoisotopic (exact) mass is 316 g/mol. The van der Waals surface area contributed by atoms with Crippen LogP contribution in [0.5, 0.6) is 5.75 Å². The molecule has 1 heterocycles. The number of carbonyl (C=O) groups excluding carboxylic acids is 1. The van der Waals surface area contributed by atoms with Gasteiger partial charge in [-0.2, -0.15) is 0 Å². The summed E-state index contributed by atoms with van der Waals surface area (Å²) in [5, 5.41) is 0. The maximum Gasteiger partial charge on any atom is 0.573 e. The van der Waals surface area contributed by atoms with E-state index in [-0.39, 0.29) is 24.5 Å². The normalized spacial score (nSPS) is 18.5. The molecule has 2 N–H and O–H groups in total. The summed E-state index contributed by atoms with van der Waals surface area (Å²) in [4.78, 5) is 13.8. The number of amides is 1. The summed E-state index contributed by atoms with van der Waals surface area (Å²) in [5.41, 5.74) is 5.96. The summed E-state index contributed by atoms with van der Waals surface area (Å²) >= 11 is 0. The second-order valence-electron chi connectivity index (χ2n) is 5.39. The first kappa shape index (κ1) is 16.6. The van der Waals surface area contributed by atoms with E-state index in [2.05, 4.69) is 4.74 Å². The lowest BCUT2D eigenvalue weighted by atomic mass is 10.1. The lowest BCUT2D eigenvalue weighted by Crippen LogP contribution is -2.30. The van der Waals surface area contributed by atoms with Crippen LogP contribution in [0.25, 0.3) is 0 Å². The molecule has 0 radical (unpaired) electrons. The highest BCUT2D eigenvalue weighted by molar-refractivity contribution is 5.76. The maximum absolute atomic E-state index is 12.3. The summed E-state index contributed by atoms with van der Waals surface area (Å²) in [6.07, 6.45) is -3.47. The summed E-state index contributed by atoms with van der Waals surface area (Å²) in [7, 11) is 0. The molecule has 0 saturated carbocycles. The van der Waals surface area contributed by atoms with Crippen LogP contribution in [-0.4, -0.2) is 36.8 Å². The molecule has 1 aliphatic rings. The number of alkyl halides is 3. The van der Waals surface area contributed by atoms with Crippen LogP contribution >= 0.6 is 0 Å². The number of nitrogens with zero attached hydrogens (tertiary/aromatic N) is 1. The van der Waals surface area contributed by atoms with Gasteiger partial charge in [-0.1, -0.05) is 18.2 Å². The quantitative estimate of drug-likeness (QED) is 0.907. The molecule has 1 fully saturated rings. The van der Waals surface area contributed by atoms with E-state index in [4.69, 9.17) is 5.73 Å². The van der Waals surface area contributed by atoms with Crippen molar-refractivity contribution < 1.29 is 22.7 Å². The van der Waals surface area contributed by atoms with Crippen molar-refractivity contribution in [1.82, 2.24) is 4.90 Å². The number of ether oxygens (including phenoxy) is 1. The third kappa shape index (κ3) is 4.62. The van der Waals surface area contributed by atoms with Crippen molar-refractivity contribution in [2.24, 2.45) is 11.7 Å². The topological polar surface area (TPSA) is 55.6 Å². The van der Waals surface area contributed by atoms with Crippen LogP contribution in [0.4, 0.5) is 13.2 Å². The van der Waals surface area contributed by atoms with Crippen molar-refractivity contribution in [3.8, 4) is 5.75 Å². The Bertz CT molecular complexity index is 520. The average molecular weight is 316 g/mol. The molecule has 1 aromatic rings. The van der Waals surface area contributed by atoms with E-state index < -0.39 is 6.36 Å². The van der Waals surface area contributed by atoms with Gasteiger partial charge in [-0.15, -0.1) is 13.2 Å². The minimum Gasteiger partial charge on any atom is -0.406 e. The van der Waals surface area contributed by atoms with Crippen LogP contribution in [0, 0.1) is 5.92 Å². The number of rotatable bonds is 5. The Morgan fingerprint density at radius 1 is 1.36 bits per heavy atom. The molecule has 0 aromatic heterocycles. The Morgan fingerprint density at radius 3 is 2.73 bits per heavy atom. The number of halogens is 3. The van der Waals surface area contributed by atoms with Crippen LogP contribution in [0.1, 0.15) is 18.4 Å². The second kappa shape index (κ2) is 7.00. The first-order chi connectivity index (χ1) is 10.4. The van der Waals surface area contributed by atoms with E-state index in [1.165, 1.54) is 12.1 Å². The minimum atomic E-state index is -4.73. The molecule has 0 spiro atoms. The SMILES string of the molecule is NC[C@@H]1CCN(C(=O)CCc2ccccc2OC(F)(F)F)C1. The average Bonchev–Trinajstić information content (AvgIpc) is 2.93. The molecule has 1 atom stereocenters. The fourth-order valence-corrected chi connectivity index (χ4v) is 2.59. The number of carbonyl (C=O) groups is 1. The first-order valence-electron chi connectivity index (χ1n) is 7.20. The molecular formula is C15H19F3N2O2. The van der Waals surface area contributed by atoms with Gasteiger partial charge >= 0.3 is 6.36 Å². The van der Waals surface area contributed by atoms with Crippen LogP contribution in [0.2, 0.25) is 0 Å². The zero-order chi connectivity index (χ0) is 16.2. The molecule has 0 bridgehead atoms. The first-order valence-corrected chi connectivity index (χ1v) is 7.20. The molecule has 1 amide bonds. The molecule has 0 aliphatic carbocycles. The third-order valence-corrected chi connectivity index (χ3v) is 3.78. The zero-order valence-corrected chi connectivity index (χ0v) is 12.1. The molecule has 2 rings (SSSR count). The molecule has 22 heavy (non-hydrogen) atoms. The van der Waals surface area contributed by atoms with Gasteiger partial charge in [-0.25, -0.2) is 0 Å². The van der Waals surface area contributed by atoms with Gasteiger partial charge in [0.05, 0.1) is 0 Å². The van der Waals surface area contributed by atoms with Crippen molar-refractivity contribution in [1.29, 1.82) is 0 Å². The number of hydrogen-bond acceptors (Lipinski definition) is 3. The van der Waals surface area contributed by atoms with E-state index >= 15 is 0 Å². The van der Waals surface area contributed by atoms with Gasteiger partial charge in [0.25, 0.3) is 0 Å². The van der Waals surface area contributed by atoms with Gasteiger partial charge in [0, 0.05) is 19.5 Å². The second-order valence-corrected chi connectivity index (χ2v) is 5.39. The fourth-order valence-electron chi connectivity index (χ4n) is 2.59.